The molecule has 42 heavy (non-hydrogen) atoms. The number of hydrogen-bond acceptors (Lipinski definition) is 5. The predicted molar refractivity (Wildman–Crippen MR) is 165 cm³/mol. The molecule has 0 aliphatic carbocycles. The van der Waals surface area contributed by atoms with E-state index >= 15 is 0 Å². The van der Waals surface area contributed by atoms with Gasteiger partial charge in [-0.3, -0.25) is 14.5 Å². The van der Waals surface area contributed by atoms with Crippen LogP contribution in [0.4, 0.5) is 5.69 Å². The van der Waals surface area contributed by atoms with Crippen LogP contribution in [0.1, 0.15) is 54.1 Å². The van der Waals surface area contributed by atoms with Crippen LogP contribution >= 0.6 is 0 Å². The molecule has 5 rings (SSSR count). The molecule has 1 saturated heterocycles. The first-order valence-electron chi connectivity index (χ1n) is 14.3. The second-order valence-electron chi connectivity index (χ2n) is 10.4. The Bertz CT molecular complexity index is 1610. The van der Waals surface area contributed by atoms with Crippen molar-refractivity contribution in [2.45, 2.75) is 46.3 Å². The third-order valence-corrected chi connectivity index (χ3v) is 7.40. The minimum Gasteiger partial charge on any atom is -0.507 e. The molecular formula is C36H35NO5. The van der Waals surface area contributed by atoms with Gasteiger partial charge < -0.3 is 14.6 Å². The molecule has 1 atom stereocenters. The first kappa shape index (κ1) is 28.7. The van der Waals surface area contributed by atoms with E-state index in [0.29, 0.717) is 36.0 Å². The SMILES string of the molecule is CCCOc1cccc(N2C(=O)C(=O)/C(=C(/O)c3ccc(OCc4ccccc4)c(C)c3)C2c2ccc(CC)cc2)c1. The average Bonchev–Trinajstić information content (AvgIpc) is 3.29. The van der Waals surface area contributed by atoms with E-state index in [1.165, 1.54) is 4.90 Å². The molecule has 214 valence electrons. The van der Waals surface area contributed by atoms with Crippen molar-refractivity contribution in [3.05, 3.63) is 130 Å². The Hall–Kier alpha value is -4.84. The highest BCUT2D eigenvalue weighted by atomic mass is 16.5. The van der Waals surface area contributed by atoms with Crippen LogP contribution in [-0.2, 0) is 22.6 Å². The van der Waals surface area contributed by atoms with Crippen LogP contribution in [0.3, 0.4) is 0 Å². The van der Waals surface area contributed by atoms with E-state index in [4.69, 9.17) is 9.47 Å². The summed E-state index contributed by atoms with van der Waals surface area (Å²) in [4.78, 5) is 28.7. The molecule has 6 nitrogen and oxygen atoms in total. The number of nitrogens with zero attached hydrogens (tertiary/aromatic N) is 1. The standard InChI is InChI=1S/C36H35NO5/c1-4-20-41-30-13-9-12-29(22-30)37-33(27-16-14-25(5-2)15-17-27)32(35(39)36(37)40)34(38)28-18-19-31(24(3)21-28)42-23-26-10-7-6-8-11-26/h6-19,21-22,33,38H,4-5,20,23H2,1-3H3/b34-32+. The van der Waals surface area contributed by atoms with E-state index in [1.54, 1.807) is 36.4 Å². The summed E-state index contributed by atoms with van der Waals surface area (Å²) in [6, 6.07) is 29.3. The lowest BCUT2D eigenvalue weighted by Crippen LogP contribution is -2.29. The summed E-state index contributed by atoms with van der Waals surface area (Å²) >= 11 is 0. The number of aliphatic hydroxyl groups is 1. The Morgan fingerprint density at radius 1 is 0.833 bits per heavy atom. The van der Waals surface area contributed by atoms with Crippen molar-refractivity contribution in [3.8, 4) is 11.5 Å². The molecule has 1 N–H and O–H groups in total. The van der Waals surface area contributed by atoms with Crippen LogP contribution < -0.4 is 14.4 Å². The normalized spacial score (nSPS) is 16.1. The lowest BCUT2D eigenvalue weighted by Gasteiger charge is -2.26. The van der Waals surface area contributed by atoms with Crippen LogP contribution in [0.15, 0.2) is 103 Å². The van der Waals surface area contributed by atoms with Gasteiger partial charge in [0.2, 0.25) is 0 Å². The molecule has 4 aromatic carbocycles. The van der Waals surface area contributed by atoms with E-state index in [9.17, 15) is 14.7 Å². The Morgan fingerprint density at radius 2 is 1.60 bits per heavy atom. The maximum Gasteiger partial charge on any atom is 0.300 e. The fourth-order valence-electron chi connectivity index (χ4n) is 5.14. The number of Topliss-reactive ketones (excluding diaryl/α,β-unsaturated/α-hetero) is 1. The number of rotatable bonds is 10. The zero-order valence-electron chi connectivity index (χ0n) is 24.2. The molecule has 0 radical (unpaired) electrons. The molecule has 1 aliphatic heterocycles. The number of anilines is 1. The molecule has 1 amide bonds. The molecule has 1 aliphatic rings. The van der Waals surface area contributed by atoms with Gasteiger partial charge in [0.15, 0.2) is 0 Å². The quantitative estimate of drug-likeness (QED) is 0.123. The summed E-state index contributed by atoms with van der Waals surface area (Å²) in [6.07, 6.45) is 1.70. The number of ketones is 1. The molecule has 0 aromatic heterocycles. The van der Waals surface area contributed by atoms with Crippen LogP contribution in [0.25, 0.3) is 5.76 Å². The van der Waals surface area contributed by atoms with Gasteiger partial charge in [0, 0.05) is 17.3 Å². The van der Waals surface area contributed by atoms with Crippen molar-refractivity contribution < 1.29 is 24.2 Å². The lowest BCUT2D eigenvalue weighted by atomic mass is 9.94. The topological polar surface area (TPSA) is 76.1 Å². The van der Waals surface area contributed by atoms with E-state index in [1.807, 2.05) is 74.5 Å². The number of amides is 1. The van der Waals surface area contributed by atoms with Gasteiger partial charge in [-0.1, -0.05) is 74.5 Å². The smallest absolute Gasteiger partial charge is 0.300 e. The molecule has 1 unspecified atom stereocenters. The number of carbonyl (C=O) groups excluding carboxylic acids is 2. The Balaban J connectivity index is 1.55. The van der Waals surface area contributed by atoms with Gasteiger partial charge in [-0.05, 0) is 72.4 Å². The van der Waals surface area contributed by atoms with Gasteiger partial charge in [0.25, 0.3) is 11.7 Å². The summed E-state index contributed by atoms with van der Waals surface area (Å²) in [5.74, 6) is -0.381. The highest BCUT2D eigenvalue weighted by Gasteiger charge is 2.47. The van der Waals surface area contributed by atoms with Gasteiger partial charge in [-0.2, -0.15) is 0 Å². The monoisotopic (exact) mass is 561 g/mol. The summed E-state index contributed by atoms with van der Waals surface area (Å²) in [7, 11) is 0. The molecular weight excluding hydrogens is 526 g/mol. The number of hydrogen-bond donors (Lipinski definition) is 1. The van der Waals surface area contributed by atoms with Gasteiger partial charge in [-0.15, -0.1) is 0 Å². The molecule has 0 saturated carbocycles. The second-order valence-corrected chi connectivity index (χ2v) is 10.4. The van der Waals surface area contributed by atoms with Crippen LogP contribution in [0.2, 0.25) is 0 Å². The van der Waals surface area contributed by atoms with Gasteiger partial charge >= 0.3 is 0 Å². The van der Waals surface area contributed by atoms with Crippen molar-refractivity contribution in [1.29, 1.82) is 0 Å². The number of aryl methyl sites for hydroxylation is 2. The molecule has 1 fully saturated rings. The third kappa shape index (κ3) is 5.93. The molecule has 4 aromatic rings. The van der Waals surface area contributed by atoms with Gasteiger partial charge in [0.05, 0.1) is 18.2 Å². The van der Waals surface area contributed by atoms with Crippen LogP contribution in [0.5, 0.6) is 11.5 Å². The van der Waals surface area contributed by atoms with E-state index < -0.39 is 17.7 Å². The predicted octanol–water partition coefficient (Wildman–Crippen LogP) is 7.55. The Kier molecular flexibility index (Phi) is 8.72. The number of ether oxygens (including phenoxy) is 2. The number of carbonyl (C=O) groups is 2. The van der Waals surface area contributed by atoms with E-state index in [-0.39, 0.29) is 11.3 Å². The Labute approximate surface area is 246 Å². The summed E-state index contributed by atoms with van der Waals surface area (Å²) in [5, 5.41) is 11.6. The fraction of sp³-hybridized carbons (Fsp3) is 0.222. The number of benzene rings is 4. The Morgan fingerprint density at radius 3 is 2.29 bits per heavy atom. The molecule has 1 heterocycles. The van der Waals surface area contributed by atoms with Gasteiger partial charge in [-0.25, -0.2) is 0 Å². The zero-order chi connectivity index (χ0) is 29.6. The summed E-state index contributed by atoms with van der Waals surface area (Å²) in [5.41, 5.74) is 4.71. The first-order chi connectivity index (χ1) is 20.4. The minimum atomic E-state index is -0.813. The van der Waals surface area contributed by atoms with Crippen LogP contribution in [-0.4, -0.2) is 23.4 Å². The second kappa shape index (κ2) is 12.8. The zero-order valence-corrected chi connectivity index (χ0v) is 24.2. The largest absolute Gasteiger partial charge is 0.507 e. The van der Waals surface area contributed by atoms with E-state index in [0.717, 1.165) is 35.1 Å². The highest BCUT2D eigenvalue weighted by Crippen LogP contribution is 2.43. The van der Waals surface area contributed by atoms with Crippen molar-refractivity contribution in [1.82, 2.24) is 0 Å². The van der Waals surface area contributed by atoms with Crippen molar-refractivity contribution in [3.63, 3.8) is 0 Å². The lowest BCUT2D eigenvalue weighted by molar-refractivity contribution is -0.132. The summed E-state index contributed by atoms with van der Waals surface area (Å²) in [6.45, 7) is 6.92. The van der Waals surface area contributed by atoms with Crippen LogP contribution in [0, 0.1) is 6.92 Å². The summed E-state index contributed by atoms with van der Waals surface area (Å²) < 4.78 is 11.8. The van der Waals surface area contributed by atoms with Gasteiger partial charge in [0.1, 0.15) is 23.9 Å². The molecule has 0 bridgehead atoms. The van der Waals surface area contributed by atoms with Crippen molar-refractivity contribution >= 4 is 23.1 Å². The maximum atomic E-state index is 13.6. The third-order valence-electron chi connectivity index (χ3n) is 7.40. The minimum absolute atomic E-state index is 0.0430. The molecule has 0 spiro atoms. The first-order valence-corrected chi connectivity index (χ1v) is 14.3. The van der Waals surface area contributed by atoms with Crippen molar-refractivity contribution in [2.24, 2.45) is 0 Å². The average molecular weight is 562 g/mol. The van der Waals surface area contributed by atoms with E-state index in [2.05, 4.69) is 6.92 Å². The highest BCUT2D eigenvalue weighted by molar-refractivity contribution is 6.51. The fourth-order valence-corrected chi connectivity index (χ4v) is 5.14. The molecule has 6 heteroatoms. The number of aliphatic hydroxyl groups excluding tert-OH is 1. The maximum absolute atomic E-state index is 13.6. The van der Waals surface area contributed by atoms with Crippen molar-refractivity contribution in [2.75, 3.05) is 11.5 Å².